The summed E-state index contributed by atoms with van der Waals surface area (Å²) in [4.78, 5) is 22.9. The molecule has 1 atom stereocenters. The van der Waals surface area contributed by atoms with Gasteiger partial charge in [0.1, 0.15) is 0 Å². The number of carboxylic acid groups (broad SMARTS) is 1. The van der Waals surface area contributed by atoms with Crippen LogP contribution in [-0.2, 0) is 22.6 Å². The van der Waals surface area contributed by atoms with Crippen molar-refractivity contribution in [2.45, 2.75) is 58.0 Å². The third kappa shape index (κ3) is 5.58. The summed E-state index contributed by atoms with van der Waals surface area (Å²) in [7, 11) is 0. The van der Waals surface area contributed by atoms with Crippen LogP contribution in [0, 0.1) is 5.92 Å². The molecular formula is C22H31N3O3. The molecule has 1 aromatic heterocycles. The van der Waals surface area contributed by atoms with Gasteiger partial charge >= 0.3 is 5.97 Å². The molecule has 1 aliphatic heterocycles. The first-order valence-corrected chi connectivity index (χ1v) is 10.3. The first-order chi connectivity index (χ1) is 13.5. The van der Waals surface area contributed by atoms with Crippen molar-refractivity contribution >= 4 is 22.8 Å². The van der Waals surface area contributed by atoms with Crippen molar-refractivity contribution in [1.82, 2.24) is 15.2 Å². The number of nitrogens with zero attached hydrogens (tertiary/aromatic N) is 1. The number of aliphatic carboxylic acids is 1. The lowest BCUT2D eigenvalue weighted by molar-refractivity contribution is -0.137. The monoisotopic (exact) mass is 385 g/mol. The molecule has 2 heterocycles. The summed E-state index contributed by atoms with van der Waals surface area (Å²) in [6.07, 6.45) is 6.86. The van der Waals surface area contributed by atoms with Crippen LogP contribution in [0.25, 0.3) is 10.9 Å². The molecule has 152 valence electrons. The van der Waals surface area contributed by atoms with Crippen molar-refractivity contribution in [3.63, 3.8) is 0 Å². The maximum Gasteiger partial charge on any atom is 0.305 e. The molecule has 3 rings (SSSR count). The number of aryl methyl sites for hydroxylation is 2. The van der Waals surface area contributed by atoms with Gasteiger partial charge < -0.3 is 20.3 Å². The minimum atomic E-state index is -0.899. The number of hydrogen-bond acceptors (Lipinski definition) is 3. The van der Waals surface area contributed by atoms with Gasteiger partial charge in [-0.05, 0) is 63.2 Å². The summed E-state index contributed by atoms with van der Waals surface area (Å²) in [5.74, 6) is -0.211. The maximum absolute atomic E-state index is 12.2. The van der Waals surface area contributed by atoms with Crippen molar-refractivity contribution in [2.24, 2.45) is 5.92 Å². The molecule has 0 radical (unpaired) electrons. The number of piperidine rings is 1. The zero-order valence-electron chi connectivity index (χ0n) is 16.6. The quantitative estimate of drug-likeness (QED) is 0.620. The van der Waals surface area contributed by atoms with Crippen LogP contribution >= 0.6 is 0 Å². The van der Waals surface area contributed by atoms with Gasteiger partial charge in [-0.25, -0.2) is 0 Å². The summed E-state index contributed by atoms with van der Waals surface area (Å²) in [6, 6.07) is 8.02. The highest BCUT2D eigenvalue weighted by molar-refractivity contribution is 5.85. The molecule has 0 spiro atoms. The van der Waals surface area contributed by atoms with Gasteiger partial charge in [0.2, 0.25) is 5.91 Å². The first kappa shape index (κ1) is 20.4. The molecule has 6 nitrogen and oxygen atoms in total. The summed E-state index contributed by atoms with van der Waals surface area (Å²) >= 11 is 0. The first-order valence-electron chi connectivity index (χ1n) is 10.3. The Labute approximate surface area is 166 Å². The molecule has 0 saturated carbocycles. The Bertz CT molecular complexity index is 808. The van der Waals surface area contributed by atoms with E-state index in [0.29, 0.717) is 12.8 Å². The number of aromatic nitrogens is 1. The van der Waals surface area contributed by atoms with E-state index in [0.717, 1.165) is 25.6 Å². The predicted molar refractivity (Wildman–Crippen MR) is 110 cm³/mol. The standard InChI is InChI=1S/C22H31N3O3/c1-16(14-22(27)28)24-21(26)7-6-18-15-25(20-5-3-2-4-19(18)20)13-10-17-8-11-23-12-9-17/h2-5,15-17,23H,6-14H2,1H3,(H,24,26)(H,27,28). The Morgan fingerprint density at radius 3 is 2.79 bits per heavy atom. The Morgan fingerprint density at radius 1 is 1.29 bits per heavy atom. The Kier molecular flexibility index (Phi) is 7.09. The Morgan fingerprint density at radius 2 is 2.04 bits per heavy atom. The zero-order valence-corrected chi connectivity index (χ0v) is 16.6. The molecule has 0 aliphatic carbocycles. The fourth-order valence-corrected chi connectivity index (χ4v) is 4.11. The second kappa shape index (κ2) is 9.73. The lowest BCUT2D eigenvalue weighted by Crippen LogP contribution is -2.34. The molecule has 1 fully saturated rings. The van der Waals surface area contributed by atoms with E-state index in [2.05, 4.69) is 39.6 Å². The number of para-hydroxylation sites is 1. The van der Waals surface area contributed by atoms with Gasteiger partial charge in [-0.3, -0.25) is 9.59 Å². The molecule has 2 aromatic rings. The van der Waals surface area contributed by atoms with Crippen LogP contribution in [0.15, 0.2) is 30.5 Å². The summed E-state index contributed by atoms with van der Waals surface area (Å²) in [5, 5.41) is 16.2. The molecule has 1 saturated heterocycles. The molecular weight excluding hydrogens is 354 g/mol. The van der Waals surface area contributed by atoms with Gasteiger partial charge in [0, 0.05) is 36.1 Å². The average molecular weight is 386 g/mol. The number of nitrogens with one attached hydrogen (secondary N) is 2. The smallest absolute Gasteiger partial charge is 0.305 e. The van der Waals surface area contributed by atoms with Gasteiger partial charge in [0.05, 0.1) is 6.42 Å². The van der Waals surface area contributed by atoms with Gasteiger partial charge in [0.25, 0.3) is 0 Å². The molecule has 3 N–H and O–H groups in total. The van der Waals surface area contributed by atoms with Crippen LogP contribution in [0.3, 0.4) is 0 Å². The highest BCUT2D eigenvalue weighted by atomic mass is 16.4. The lowest BCUT2D eigenvalue weighted by atomic mass is 9.95. The summed E-state index contributed by atoms with van der Waals surface area (Å²) in [5.41, 5.74) is 2.41. The van der Waals surface area contributed by atoms with E-state index in [9.17, 15) is 9.59 Å². The SMILES string of the molecule is CC(CC(=O)O)NC(=O)CCc1cn(CCC2CCNCC2)c2ccccc12. The van der Waals surface area contributed by atoms with Crippen molar-refractivity contribution in [3.05, 3.63) is 36.0 Å². The molecule has 0 bridgehead atoms. The van der Waals surface area contributed by atoms with Crippen LogP contribution in [0.2, 0.25) is 0 Å². The third-order valence-corrected chi connectivity index (χ3v) is 5.62. The number of hydrogen-bond donors (Lipinski definition) is 3. The molecule has 6 heteroatoms. The molecule has 1 aliphatic rings. The zero-order chi connectivity index (χ0) is 19.9. The maximum atomic E-state index is 12.2. The van der Waals surface area contributed by atoms with E-state index in [1.54, 1.807) is 6.92 Å². The summed E-state index contributed by atoms with van der Waals surface area (Å²) < 4.78 is 2.33. The van der Waals surface area contributed by atoms with Crippen LogP contribution in [0.4, 0.5) is 0 Å². The number of fused-ring (bicyclic) bond motifs is 1. The van der Waals surface area contributed by atoms with E-state index < -0.39 is 5.97 Å². The highest BCUT2D eigenvalue weighted by Crippen LogP contribution is 2.25. The normalized spacial score (nSPS) is 16.2. The fourth-order valence-electron chi connectivity index (χ4n) is 4.11. The number of benzene rings is 1. The van der Waals surface area contributed by atoms with E-state index in [-0.39, 0.29) is 18.4 Å². The van der Waals surface area contributed by atoms with Gasteiger partial charge in [0.15, 0.2) is 0 Å². The molecule has 1 amide bonds. The minimum Gasteiger partial charge on any atom is -0.481 e. The van der Waals surface area contributed by atoms with Crippen LogP contribution < -0.4 is 10.6 Å². The number of carbonyl (C=O) groups is 2. The predicted octanol–water partition coefficient (Wildman–Crippen LogP) is 2.94. The molecule has 1 unspecified atom stereocenters. The number of carboxylic acids is 1. The van der Waals surface area contributed by atoms with E-state index in [1.165, 1.54) is 35.7 Å². The van der Waals surface area contributed by atoms with E-state index in [1.807, 2.05) is 6.07 Å². The number of amides is 1. The van der Waals surface area contributed by atoms with Crippen molar-refractivity contribution < 1.29 is 14.7 Å². The van der Waals surface area contributed by atoms with E-state index >= 15 is 0 Å². The number of carbonyl (C=O) groups excluding carboxylic acids is 1. The van der Waals surface area contributed by atoms with Gasteiger partial charge in [-0.15, -0.1) is 0 Å². The van der Waals surface area contributed by atoms with Crippen LogP contribution in [0.1, 0.15) is 44.6 Å². The fraction of sp³-hybridized carbons (Fsp3) is 0.545. The molecule has 1 aromatic carbocycles. The van der Waals surface area contributed by atoms with Crippen LogP contribution in [0.5, 0.6) is 0 Å². The minimum absolute atomic E-state index is 0.0538. The van der Waals surface area contributed by atoms with Crippen LogP contribution in [-0.4, -0.2) is 40.7 Å². The summed E-state index contributed by atoms with van der Waals surface area (Å²) in [6.45, 7) is 4.97. The molecule has 28 heavy (non-hydrogen) atoms. The third-order valence-electron chi connectivity index (χ3n) is 5.62. The number of rotatable bonds is 9. The largest absolute Gasteiger partial charge is 0.481 e. The van der Waals surface area contributed by atoms with Gasteiger partial charge in [-0.2, -0.15) is 0 Å². The van der Waals surface area contributed by atoms with Gasteiger partial charge in [-0.1, -0.05) is 18.2 Å². The van der Waals surface area contributed by atoms with E-state index in [4.69, 9.17) is 5.11 Å². The Balaban J connectivity index is 1.61. The second-order valence-electron chi connectivity index (χ2n) is 7.91. The average Bonchev–Trinajstić information content (AvgIpc) is 3.03. The Hall–Kier alpha value is -2.34. The van der Waals surface area contributed by atoms with Crippen molar-refractivity contribution in [1.29, 1.82) is 0 Å². The second-order valence-corrected chi connectivity index (χ2v) is 7.91. The highest BCUT2D eigenvalue weighted by Gasteiger charge is 2.16. The topological polar surface area (TPSA) is 83.4 Å². The van der Waals surface area contributed by atoms with Crippen molar-refractivity contribution in [2.75, 3.05) is 13.1 Å². The van der Waals surface area contributed by atoms with Crippen molar-refractivity contribution in [3.8, 4) is 0 Å². The lowest BCUT2D eigenvalue weighted by Gasteiger charge is -2.22.